The number of hydrogen-bond donors (Lipinski definition) is 1. The van der Waals surface area contributed by atoms with Gasteiger partial charge in [-0.25, -0.2) is 13.8 Å². The number of aromatic amines is 1. The number of hydrogen-bond acceptors (Lipinski definition) is 5. The van der Waals surface area contributed by atoms with E-state index in [9.17, 15) is 26.7 Å². The largest absolute Gasteiger partial charge is 0.435 e. The molecule has 0 amide bonds. The standard InChI is InChI=1S/C37H30F7N5O2/c1-35(2,51-3)10-9-23-7-8-26(25-5-4-6-30-28(25)17-45-47-30)32(46-23)20(11-19-12-21(38)15-22(39)13-19)14-24(50)18-49-34-31(33(48-49)37(42,43)44)27-16-29(27)36(34,40)41/h4-8,12-13,15,17,20,27,29H,11,14,16,18H2,1-3H3,(H,45,47)/t20-,27+,29-/m1/s1. The van der Waals surface area contributed by atoms with E-state index in [2.05, 4.69) is 27.1 Å². The number of aromatic nitrogens is 5. The number of methoxy groups -OCH3 is 1. The summed E-state index contributed by atoms with van der Waals surface area (Å²) >= 11 is 0. The van der Waals surface area contributed by atoms with Crippen molar-refractivity contribution in [2.75, 3.05) is 7.11 Å². The molecule has 7 rings (SSSR count). The van der Waals surface area contributed by atoms with E-state index >= 15 is 8.78 Å². The Hall–Kier alpha value is -5.03. The number of nitrogens with one attached hydrogen (secondary N) is 1. The average Bonchev–Trinajstić information content (AvgIpc) is 3.43. The Morgan fingerprint density at radius 1 is 1.10 bits per heavy atom. The third-order valence-electron chi connectivity index (χ3n) is 9.49. The first-order chi connectivity index (χ1) is 24.1. The number of Topliss-reactive ketones (excluding diaryl/α,β-unsaturated/α-hetero) is 1. The van der Waals surface area contributed by atoms with E-state index < -0.39 is 82.8 Å². The zero-order valence-corrected chi connectivity index (χ0v) is 27.5. The lowest BCUT2D eigenvalue weighted by atomic mass is 9.86. The molecule has 0 spiro atoms. The molecule has 14 heteroatoms. The second-order valence-electron chi connectivity index (χ2n) is 13.5. The third-order valence-corrected chi connectivity index (χ3v) is 9.49. The molecular formula is C37H30F7N5O2. The van der Waals surface area contributed by atoms with Crippen LogP contribution in [0.25, 0.3) is 22.0 Å². The van der Waals surface area contributed by atoms with Gasteiger partial charge in [0, 0.05) is 47.9 Å². The first-order valence-electron chi connectivity index (χ1n) is 16.1. The van der Waals surface area contributed by atoms with Gasteiger partial charge in [-0.2, -0.15) is 32.1 Å². The van der Waals surface area contributed by atoms with Crippen molar-refractivity contribution in [2.24, 2.45) is 5.92 Å². The van der Waals surface area contributed by atoms with Crippen molar-refractivity contribution < 1.29 is 40.3 Å². The van der Waals surface area contributed by atoms with Gasteiger partial charge in [0.15, 0.2) is 11.5 Å². The Bertz CT molecular complexity index is 2220. The molecule has 51 heavy (non-hydrogen) atoms. The molecule has 3 aromatic heterocycles. The highest BCUT2D eigenvalue weighted by atomic mass is 19.4. The minimum atomic E-state index is -5.00. The van der Waals surface area contributed by atoms with Crippen LogP contribution in [-0.4, -0.2) is 43.5 Å². The third kappa shape index (κ3) is 6.51. The molecule has 2 aliphatic rings. The maximum atomic E-state index is 15.3. The van der Waals surface area contributed by atoms with Crippen LogP contribution >= 0.6 is 0 Å². The Balaban J connectivity index is 1.34. The molecule has 1 N–H and O–H groups in total. The Labute approximate surface area is 287 Å². The zero-order valence-electron chi connectivity index (χ0n) is 27.5. The number of carbonyl (C=O) groups excluding carboxylic acids is 1. The van der Waals surface area contributed by atoms with Crippen LogP contribution in [0.15, 0.2) is 54.7 Å². The number of halogens is 7. The quantitative estimate of drug-likeness (QED) is 0.124. The number of rotatable bonds is 9. The smallest absolute Gasteiger partial charge is 0.366 e. The van der Waals surface area contributed by atoms with E-state index in [-0.39, 0.29) is 29.8 Å². The summed E-state index contributed by atoms with van der Waals surface area (Å²) in [6, 6.07) is 11.7. The Morgan fingerprint density at radius 2 is 1.84 bits per heavy atom. The first kappa shape index (κ1) is 34.4. The number of ketones is 1. The summed E-state index contributed by atoms with van der Waals surface area (Å²) < 4.78 is 107. The fourth-order valence-corrected chi connectivity index (χ4v) is 6.93. The molecule has 264 valence electrons. The molecule has 3 atom stereocenters. The Morgan fingerprint density at radius 3 is 2.55 bits per heavy atom. The number of nitrogens with zero attached hydrogens (tertiary/aromatic N) is 4. The van der Waals surface area contributed by atoms with E-state index in [1.807, 2.05) is 0 Å². The van der Waals surface area contributed by atoms with Crippen molar-refractivity contribution in [1.82, 2.24) is 25.0 Å². The van der Waals surface area contributed by atoms with Crippen LogP contribution in [0.3, 0.4) is 0 Å². The molecule has 0 radical (unpaired) electrons. The number of benzene rings is 2. The number of pyridine rings is 1. The van der Waals surface area contributed by atoms with Crippen molar-refractivity contribution in [3.05, 3.63) is 100 Å². The van der Waals surface area contributed by atoms with Gasteiger partial charge in [0.05, 0.1) is 17.4 Å². The molecule has 1 saturated carbocycles. The van der Waals surface area contributed by atoms with E-state index in [4.69, 9.17) is 9.72 Å². The molecule has 0 unspecified atom stereocenters. The van der Waals surface area contributed by atoms with Crippen molar-refractivity contribution in [3.8, 4) is 23.0 Å². The zero-order chi connectivity index (χ0) is 36.5. The van der Waals surface area contributed by atoms with Gasteiger partial charge in [-0.15, -0.1) is 0 Å². The van der Waals surface area contributed by atoms with Gasteiger partial charge in [-0.05, 0) is 80.0 Å². The predicted octanol–water partition coefficient (Wildman–Crippen LogP) is 8.09. The molecule has 1 fully saturated rings. The number of alkyl halides is 5. The minimum Gasteiger partial charge on any atom is -0.366 e. The summed E-state index contributed by atoms with van der Waals surface area (Å²) in [6.45, 7) is 2.62. The highest BCUT2D eigenvalue weighted by molar-refractivity contribution is 5.95. The van der Waals surface area contributed by atoms with E-state index in [0.717, 1.165) is 12.1 Å². The highest BCUT2D eigenvalue weighted by Crippen LogP contribution is 2.68. The van der Waals surface area contributed by atoms with Gasteiger partial charge in [-0.3, -0.25) is 14.6 Å². The van der Waals surface area contributed by atoms with Crippen LogP contribution in [0, 0.1) is 29.4 Å². The molecule has 0 aliphatic heterocycles. The average molecular weight is 710 g/mol. The summed E-state index contributed by atoms with van der Waals surface area (Å²) in [4.78, 5) is 18.7. The van der Waals surface area contributed by atoms with Gasteiger partial charge in [0.25, 0.3) is 5.92 Å². The molecule has 0 saturated heterocycles. The topological polar surface area (TPSA) is 85.7 Å². The highest BCUT2D eigenvalue weighted by Gasteiger charge is 2.68. The number of fused-ring (bicyclic) bond motifs is 4. The van der Waals surface area contributed by atoms with Crippen molar-refractivity contribution >= 4 is 16.7 Å². The lowest BCUT2D eigenvalue weighted by Gasteiger charge is -2.21. The second-order valence-corrected chi connectivity index (χ2v) is 13.5. The fraction of sp³-hybridized carbons (Fsp3) is 0.351. The SMILES string of the molecule is COC(C)(C)C#Cc1ccc(-c2cccc3[nH]ncc23)c([C@@H](CC(=O)Cn2nc(C(F)(F)F)c3c2C(F)(F)[C@@H]2C[C@H]32)Cc2cc(F)cc(F)c2)n1. The molecule has 5 aromatic rings. The Kier molecular flexibility index (Phi) is 8.32. The van der Waals surface area contributed by atoms with E-state index in [0.29, 0.717) is 32.8 Å². The van der Waals surface area contributed by atoms with Crippen LogP contribution < -0.4 is 0 Å². The van der Waals surface area contributed by atoms with Crippen LogP contribution in [0.5, 0.6) is 0 Å². The predicted molar refractivity (Wildman–Crippen MR) is 172 cm³/mol. The molecule has 0 bridgehead atoms. The molecular weight excluding hydrogens is 679 g/mol. The van der Waals surface area contributed by atoms with Gasteiger partial charge in [0.1, 0.15) is 35.2 Å². The second kappa shape index (κ2) is 12.3. The van der Waals surface area contributed by atoms with Gasteiger partial charge < -0.3 is 4.74 Å². The van der Waals surface area contributed by atoms with Gasteiger partial charge in [-0.1, -0.05) is 18.1 Å². The maximum Gasteiger partial charge on any atom is 0.435 e. The lowest BCUT2D eigenvalue weighted by Crippen LogP contribution is -2.24. The summed E-state index contributed by atoms with van der Waals surface area (Å²) in [5, 5.41) is 11.2. The maximum absolute atomic E-state index is 15.3. The van der Waals surface area contributed by atoms with Gasteiger partial charge in [0.2, 0.25) is 0 Å². The normalized spacial score (nSPS) is 18.2. The van der Waals surface area contributed by atoms with Gasteiger partial charge >= 0.3 is 6.18 Å². The summed E-state index contributed by atoms with van der Waals surface area (Å²) in [5.41, 5.74) is -1.10. The molecule has 3 heterocycles. The summed E-state index contributed by atoms with van der Waals surface area (Å²) in [7, 11) is 1.49. The van der Waals surface area contributed by atoms with Crippen molar-refractivity contribution in [2.45, 2.75) is 69.2 Å². The van der Waals surface area contributed by atoms with E-state index in [1.165, 1.54) is 7.11 Å². The molecule has 7 nitrogen and oxygen atoms in total. The summed E-state index contributed by atoms with van der Waals surface area (Å²) in [6.07, 6.45) is -4.08. The molecule has 2 aromatic carbocycles. The van der Waals surface area contributed by atoms with Crippen molar-refractivity contribution in [3.63, 3.8) is 0 Å². The van der Waals surface area contributed by atoms with E-state index in [1.54, 1.807) is 50.4 Å². The fourth-order valence-electron chi connectivity index (χ4n) is 6.93. The number of carbonyl (C=O) groups is 1. The van der Waals surface area contributed by atoms with Crippen LogP contribution in [-0.2, 0) is 34.6 Å². The van der Waals surface area contributed by atoms with Crippen molar-refractivity contribution in [1.29, 1.82) is 0 Å². The van der Waals surface area contributed by atoms with Crippen LogP contribution in [0.4, 0.5) is 30.7 Å². The minimum absolute atomic E-state index is 0.0896. The van der Waals surface area contributed by atoms with Crippen LogP contribution in [0.1, 0.15) is 72.4 Å². The van der Waals surface area contributed by atoms with Crippen LogP contribution in [0.2, 0.25) is 0 Å². The molecule has 2 aliphatic carbocycles. The lowest BCUT2D eigenvalue weighted by molar-refractivity contribution is -0.142. The first-order valence-corrected chi connectivity index (χ1v) is 16.1. The number of ether oxygens (including phenoxy) is 1. The monoisotopic (exact) mass is 709 g/mol. The summed E-state index contributed by atoms with van der Waals surface area (Å²) in [5.74, 6) is -3.30. The number of H-pyrrole nitrogens is 1.